The van der Waals surface area contributed by atoms with Gasteiger partial charge < -0.3 is 14.2 Å². The molecule has 0 aliphatic heterocycles. The van der Waals surface area contributed by atoms with Crippen LogP contribution < -0.4 is 0 Å². The first-order valence-corrected chi connectivity index (χ1v) is 33.3. The Balaban J connectivity index is 4.25. The molecule has 6 heteroatoms. The molecule has 0 aliphatic carbocycles. The molecule has 6 nitrogen and oxygen atoms in total. The Labute approximate surface area is 462 Å². The second kappa shape index (κ2) is 63.4. The molecule has 0 bridgehead atoms. The number of carbonyl (C=O) groups is 3. The van der Waals surface area contributed by atoms with E-state index in [4.69, 9.17) is 14.2 Å². The molecule has 0 fully saturated rings. The highest BCUT2D eigenvalue weighted by molar-refractivity contribution is 5.71. The van der Waals surface area contributed by atoms with Gasteiger partial charge in [-0.1, -0.05) is 308 Å². The average molecular weight is 1040 g/mol. The molecule has 0 aromatic carbocycles. The van der Waals surface area contributed by atoms with Crippen molar-refractivity contribution in [3.05, 3.63) is 24.3 Å². The third-order valence-electron chi connectivity index (χ3n) is 15.2. The average Bonchev–Trinajstić information content (AvgIpc) is 3.40. The van der Waals surface area contributed by atoms with Gasteiger partial charge in [-0.15, -0.1) is 0 Å². The Kier molecular flexibility index (Phi) is 61.6. The molecule has 0 spiro atoms. The lowest BCUT2D eigenvalue weighted by Crippen LogP contribution is -2.30. The van der Waals surface area contributed by atoms with E-state index in [-0.39, 0.29) is 31.1 Å². The van der Waals surface area contributed by atoms with Gasteiger partial charge in [0.1, 0.15) is 13.2 Å². The van der Waals surface area contributed by atoms with Crippen LogP contribution in [0.5, 0.6) is 0 Å². The molecule has 0 N–H and O–H groups in total. The van der Waals surface area contributed by atoms with Crippen molar-refractivity contribution in [2.75, 3.05) is 13.2 Å². The maximum absolute atomic E-state index is 12.9. The van der Waals surface area contributed by atoms with Crippen molar-refractivity contribution in [2.24, 2.45) is 0 Å². The van der Waals surface area contributed by atoms with Crippen molar-refractivity contribution in [3.8, 4) is 0 Å². The van der Waals surface area contributed by atoms with Crippen LogP contribution in [0, 0.1) is 0 Å². The van der Waals surface area contributed by atoms with Gasteiger partial charge in [0.2, 0.25) is 0 Å². The second-order valence-electron chi connectivity index (χ2n) is 22.7. The van der Waals surface area contributed by atoms with Crippen LogP contribution in [-0.4, -0.2) is 37.2 Å². The summed E-state index contributed by atoms with van der Waals surface area (Å²) < 4.78 is 17.0. The van der Waals surface area contributed by atoms with Crippen LogP contribution in [-0.2, 0) is 28.6 Å². The molecule has 0 amide bonds. The fraction of sp³-hybridized carbons (Fsp3) is 0.897. The molecule has 0 heterocycles. The Bertz CT molecular complexity index is 1190. The van der Waals surface area contributed by atoms with Crippen LogP contribution in [0.2, 0.25) is 0 Å². The topological polar surface area (TPSA) is 78.9 Å². The van der Waals surface area contributed by atoms with Crippen LogP contribution >= 0.6 is 0 Å². The van der Waals surface area contributed by atoms with Crippen LogP contribution in [0.1, 0.15) is 374 Å². The van der Waals surface area contributed by atoms with E-state index in [1.165, 1.54) is 270 Å². The second-order valence-corrected chi connectivity index (χ2v) is 22.7. The fourth-order valence-electron chi connectivity index (χ4n) is 10.1. The van der Waals surface area contributed by atoms with Crippen LogP contribution in [0.4, 0.5) is 0 Å². The number of esters is 3. The highest BCUT2D eigenvalue weighted by Crippen LogP contribution is 2.18. The summed E-state index contributed by atoms with van der Waals surface area (Å²) in [5.74, 6) is -0.851. The summed E-state index contributed by atoms with van der Waals surface area (Å²) in [5, 5.41) is 0. The molecular formula is C68H128O6. The quantitative estimate of drug-likeness (QED) is 0.0261. The Morgan fingerprint density at radius 2 is 0.446 bits per heavy atom. The van der Waals surface area contributed by atoms with Gasteiger partial charge in [0.15, 0.2) is 6.10 Å². The largest absolute Gasteiger partial charge is 0.462 e. The summed E-state index contributed by atoms with van der Waals surface area (Å²) >= 11 is 0. The standard InChI is InChI=1S/C68H128O6/c1-4-7-10-13-16-19-22-25-27-29-31-33-34-35-37-38-40-43-46-49-52-55-58-61-67(70)73-64-65(63-72-66(69)60-57-54-51-48-45-42-24-21-18-15-12-9-6-3)74-68(71)62-59-56-53-50-47-44-41-39-36-32-30-28-26-23-20-17-14-11-8-5-2/h21,24,29,31,65H,4-20,22-23,25-28,30,32-64H2,1-3H3/b24-21-,31-29-. The number of allylic oxidation sites excluding steroid dienone is 4. The number of rotatable bonds is 62. The van der Waals surface area contributed by atoms with Crippen molar-refractivity contribution in [3.63, 3.8) is 0 Å². The normalized spacial score (nSPS) is 12.1. The third-order valence-corrected chi connectivity index (χ3v) is 15.2. The predicted octanol–water partition coefficient (Wildman–Crippen LogP) is 22.6. The Morgan fingerprint density at radius 3 is 0.689 bits per heavy atom. The van der Waals surface area contributed by atoms with Gasteiger partial charge in [-0.25, -0.2) is 0 Å². The SMILES string of the molecule is CCCCCC/C=C\CCCCCCCC(=O)OCC(COC(=O)CCCCCCCCCCCCC/C=C\CCCCCCCCCC)OC(=O)CCCCCCCCCCCCCCCCCCCCCC. The minimum atomic E-state index is -0.772. The lowest BCUT2D eigenvalue weighted by Gasteiger charge is -2.18. The summed E-state index contributed by atoms with van der Waals surface area (Å²) in [5.41, 5.74) is 0. The molecule has 0 aliphatic rings. The lowest BCUT2D eigenvalue weighted by atomic mass is 10.0. The summed E-state index contributed by atoms with van der Waals surface area (Å²) in [6.45, 7) is 6.69. The van der Waals surface area contributed by atoms with Crippen LogP contribution in [0.3, 0.4) is 0 Å². The zero-order valence-corrected chi connectivity index (χ0v) is 50.1. The first-order chi connectivity index (χ1) is 36.5. The van der Waals surface area contributed by atoms with Crippen molar-refractivity contribution in [2.45, 2.75) is 380 Å². The molecule has 1 unspecified atom stereocenters. The maximum atomic E-state index is 12.9. The van der Waals surface area contributed by atoms with Gasteiger partial charge in [-0.2, -0.15) is 0 Å². The van der Waals surface area contributed by atoms with Gasteiger partial charge in [-0.3, -0.25) is 14.4 Å². The monoisotopic (exact) mass is 1040 g/mol. The summed E-state index contributed by atoms with van der Waals surface area (Å²) in [6, 6.07) is 0. The predicted molar refractivity (Wildman–Crippen MR) is 321 cm³/mol. The van der Waals surface area contributed by atoms with E-state index in [0.717, 1.165) is 64.2 Å². The first kappa shape index (κ1) is 71.9. The Hall–Kier alpha value is -2.11. The zero-order chi connectivity index (χ0) is 53.6. The van der Waals surface area contributed by atoms with Gasteiger partial charge in [-0.05, 0) is 70.6 Å². The summed E-state index contributed by atoms with van der Waals surface area (Å²) in [4.78, 5) is 38.3. The number of ether oxygens (including phenoxy) is 3. The van der Waals surface area contributed by atoms with Gasteiger partial charge >= 0.3 is 17.9 Å². The van der Waals surface area contributed by atoms with Gasteiger partial charge in [0.05, 0.1) is 0 Å². The number of carbonyl (C=O) groups excluding carboxylic acids is 3. The molecule has 0 saturated carbocycles. The molecule has 1 atom stereocenters. The van der Waals surface area contributed by atoms with E-state index in [1.807, 2.05) is 0 Å². The fourth-order valence-corrected chi connectivity index (χ4v) is 10.1. The van der Waals surface area contributed by atoms with Crippen molar-refractivity contribution >= 4 is 17.9 Å². The van der Waals surface area contributed by atoms with Crippen molar-refractivity contribution in [1.29, 1.82) is 0 Å². The minimum Gasteiger partial charge on any atom is -0.462 e. The van der Waals surface area contributed by atoms with E-state index < -0.39 is 6.10 Å². The molecular weight excluding hydrogens is 913 g/mol. The van der Waals surface area contributed by atoms with Crippen molar-refractivity contribution < 1.29 is 28.6 Å². The molecule has 0 rings (SSSR count). The van der Waals surface area contributed by atoms with E-state index in [0.29, 0.717) is 19.3 Å². The smallest absolute Gasteiger partial charge is 0.306 e. The minimum absolute atomic E-state index is 0.0691. The zero-order valence-electron chi connectivity index (χ0n) is 50.1. The van der Waals surface area contributed by atoms with Crippen LogP contribution in [0.25, 0.3) is 0 Å². The molecule has 0 saturated heterocycles. The number of hydrogen-bond donors (Lipinski definition) is 0. The highest BCUT2D eigenvalue weighted by Gasteiger charge is 2.19. The first-order valence-electron chi connectivity index (χ1n) is 33.3. The Morgan fingerprint density at radius 1 is 0.257 bits per heavy atom. The highest BCUT2D eigenvalue weighted by atomic mass is 16.6. The lowest BCUT2D eigenvalue weighted by molar-refractivity contribution is -0.167. The molecule has 0 radical (unpaired) electrons. The summed E-state index contributed by atoms with van der Waals surface area (Å²) in [6.07, 6.45) is 76.2. The third kappa shape index (κ3) is 60.8. The molecule has 0 aromatic rings. The van der Waals surface area contributed by atoms with E-state index in [1.54, 1.807) is 0 Å². The van der Waals surface area contributed by atoms with Crippen molar-refractivity contribution in [1.82, 2.24) is 0 Å². The number of hydrogen-bond acceptors (Lipinski definition) is 6. The molecule has 0 aromatic heterocycles. The van der Waals surface area contributed by atoms with Gasteiger partial charge in [0, 0.05) is 19.3 Å². The summed E-state index contributed by atoms with van der Waals surface area (Å²) in [7, 11) is 0. The number of unbranched alkanes of at least 4 members (excludes halogenated alkanes) is 47. The van der Waals surface area contributed by atoms with E-state index >= 15 is 0 Å². The maximum Gasteiger partial charge on any atom is 0.306 e. The van der Waals surface area contributed by atoms with E-state index in [2.05, 4.69) is 45.1 Å². The van der Waals surface area contributed by atoms with E-state index in [9.17, 15) is 14.4 Å². The van der Waals surface area contributed by atoms with Crippen LogP contribution in [0.15, 0.2) is 24.3 Å². The molecule has 436 valence electrons. The molecule has 74 heavy (non-hydrogen) atoms. The van der Waals surface area contributed by atoms with Gasteiger partial charge in [0.25, 0.3) is 0 Å².